The largest absolute Gasteiger partial charge is 0.393 e. The normalized spacial score (nSPS) is 24.9. The second-order valence-corrected chi connectivity index (χ2v) is 4.05. The fraction of sp³-hybridized carbons (Fsp3) is 0.900. The third-order valence-electron chi connectivity index (χ3n) is 2.42. The maximum absolute atomic E-state index is 11.6. The molecule has 15 heavy (non-hydrogen) atoms. The van der Waals surface area contributed by atoms with Gasteiger partial charge in [-0.05, 0) is 20.4 Å². The minimum absolute atomic E-state index is 0.0813. The van der Waals surface area contributed by atoms with E-state index >= 15 is 0 Å². The fourth-order valence-electron chi connectivity index (χ4n) is 1.45. The molecular formula is C10H20N2O3. The summed E-state index contributed by atoms with van der Waals surface area (Å²) in [4.78, 5) is 13.7. The van der Waals surface area contributed by atoms with Gasteiger partial charge < -0.3 is 20.1 Å². The maximum atomic E-state index is 11.6. The van der Waals surface area contributed by atoms with Gasteiger partial charge in [0.15, 0.2) is 0 Å². The number of hydrogen-bond donors (Lipinski definition) is 2. The van der Waals surface area contributed by atoms with Crippen molar-refractivity contribution in [1.29, 1.82) is 0 Å². The van der Waals surface area contributed by atoms with Crippen molar-refractivity contribution in [3.05, 3.63) is 0 Å². The molecule has 5 heteroatoms. The maximum Gasteiger partial charge on any atom is 0.250 e. The fourth-order valence-corrected chi connectivity index (χ4v) is 1.45. The topological polar surface area (TPSA) is 61.8 Å². The van der Waals surface area contributed by atoms with Crippen LogP contribution in [-0.2, 0) is 9.53 Å². The van der Waals surface area contributed by atoms with Gasteiger partial charge in [0.05, 0.1) is 12.7 Å². The van der Waals surface area contributed by atoms with Crippen molar-refractivity contribution in [3.63, 3.8) is 0 Å². The van der Waals surface area contributed by atoms with E-state index in [1.54, 1.807) is 6.92 Å². The third-order valence-corrected chi connectivity index (χ3v) is 2.42. The van der Waals surface area contributed by atoms with Gasteiger partial charge in [-0.15, -0.1) is 0 Å². The van der Waals surface area contributed by atoms with Crippen LogP contribution in [0.5, 0.6) is 0 Å². The Morgan fingerprint density at radius 2 is 2.47 bits per heavy atom. The number of ether oxygens (including phenoxy) is 1. The summed E-state index contributed by atoms with van der Waals surface area (Å²) in [6, 6.07) is 0. The zero-order chi connectivity index (χ0) is 11.3. The first kappa shape index (κ1) is 12.4. The van der Waals surface area contributed by atoms with Crippen LogP contribution in [0.25, 0.3) is 0 Å². The molecule has 1 aliphatic heterocycles. The SMILES string of the molecule is CC(O)CCNC(=O)C1CN(C)CCO1. The summed E-state index contributed by atoms with van der Waals surface area (Å²) < 4.78 is 5.35. The summed E-state index contributed by atoms with van der Waals surface area (Å²) in [6.07, 6.45) is -0.160. The zero-order valence-corrected chi connectivity index (χ0v) is 9.40. The molecule has 1 fully saturated rings. The minimum Gasteiger partial charge on any atom is -0.393 e. The zero-order valence-electron chi connectivity index (χ0n) is 9.40. The van der Waals surface area contributed by atoms with Gasteiger partial charge in [-0.3, -0.25) is 4.79 Å². The summed E-state index contributed by atoms with van der Waals surface area (Å²) >= 11 is 0. The van der Waals surface area contributed by atoms with Gasteiger partial charge in [0, 0.05) is 19.6 Å². The molecule has 2 N–H and O–H groups in total. The molecule has 1 rings (SSSR count). The summed E-state index contributed by atoms with van der Waals surface area (Å²) in [5.41, 5.74) is 0. The molecule has 0 spiro atoms. The number of rotatable bonds is 4. The highest BCUT2D eigenvalue weighted by atomic mass is 16.5. The lowest BCUT2D eigenvalue weighted by atomic mass is 10.2. The van der Waals surface area contributed by atoms with Crippen molar-refractivity contribution in [2.75, 3.05) is 33.3 Å². The summed E-state index contributed by atoms with van der Waals surface area (Å²) in [6.45, 7) is 4.32. The standard InChI is InChI=1S/C10H20N2O3/c1-8(13)3-4-11-10(14)9-7-12(2)5-6-15-9/h8-9,13H,3-7H2,1-2H3,(H,11,14). The van der Waals surface area contributed by atoms with Gasteiger partial charge in [0.2, 0.25) is 5.91 Å². The molecule has 0 aliphatic carbocycles. The van der Waals surface area contributed by atoms with Crippen molar-refractivity contribution in [1.82, 2.24) is 10.2 Å². The van der Waals surface area contributed by atoms with E-state index in [4.69, 9.17) is 9.84 Å². The van der Waals surface area contributed by atoms with E-state index in [-0.39, 0.29) is 18.1 Å². The summed E-state index contributed by atoms with van der Waals surface area (Å²) in [5, 5.41) is 11.8. The third kappa shape index (κ3) is 4.59. The van der Waals surface area contributed by atoms with E-state index in [0.29, 0.717) is 26.1 Å². The number of carbonyl (C=O) groups excluding carboxylic acids is 1. The predicted molar refractivity (Wildman–Crippen MR) is 56.5 cm³/mol. The smallest absolute Gasteiger partial charge is 0.250 e. The molecule has 0 aromatic heterocycles. The highest BCUT2D eigenvalue weighted by molar-refractivity contribution is 5.81. The van der Waals surface area contributed by atoms with Gasteiger partial charge in [-0.2, -0.15) is 0 Å². The van der Waals surface area contributed by atoms with Crippen molar-refractivity contribution >= 4 is 5.91 Å². The van der Waals surface area contributed by atoms with E-state index in [1.807, 2.05) is 7.05 Å². The second kappa shape index (κ2) is 6.05. The molecule has 0 bridgehead atoms. The first-order chi connectivity index (χ1) is 7.09. The van der Waals surface area contributed by atoms with Gasteiger partial charge in [-0.25, -0.2) is 0 Å². The van der Waals surface area contributed by atoms with Gasteiger partial charge in [0.1, 0.15) is 6.10 Å². The van der Waals surface area contributed by atoms with E-state index in [1.165, 1.54) is 0 Å². The number of aliphatic hydroxyl groups excluding tert-OH is 1. The van der Waals surface area contributed by atoms with Crippen molar-refractivity contribution < 1.29 is 14.6 Å². The summed E-state index contributed by atoms with van der Waals surface area (Å²) in [7, 11) is 1.97. The molecule has 2 atom stereocenters. The number of carbonyl (C=O) groups is 1. The average molecular weight is 216 g/mol. The molecule has 0 saturated carbocycles. The van der Waals surface area contributed by atoms with Crippen LogP contribution in [0.2, 0.25) is 0 Å². The number of amides is 1. The van der Waals surface area contributed by atoms with Crippen LogP contribution in [0, 0.1) is 0 Å². The van der Waals surface area contributed by atoms with Gasteiger partial charge >= 0.3 is 0 Å². The molecule has 1 aliphatic rings. The first-order valence-corrected chi connectivity index (χ1v) is 5.35. The number of aliphatic hydroxyl groups is 1. The molecular weight excluding hydrogens is 196 g/mol. The minimum atomic E-state index is -0.375. The number of morpholine rings is 1. The van der Waals surface area contributed by atoms with E-state index in [2.05, 4.69) is 10.2 Å². The molecule has 5 nitrogen and oxygen atoms in total. The van der Waals surface area contributed by atoms with E-state index < -0.39 is 0 Å². The van der Waals surface area contributed by atoms with Crippen LogP contribution in [0.3, 0.4) is 0 Å². The van der Waals surface area contributed by atoms with Crippen molar-refractivity contribution in [2.24, 2.45) is 0 Å². The Kier molecular flexibility index (Phi) is 5.01. The van der Waals surface area contributed by atoms with Crippen LogP contribution in [-0.4, -0.2) is 61.4 Å². The first-order valence-electron chi connectivity index (χ1n) is 5.35. The van der Waals surface area contributed by atoms with Crippen molar-refractivity contribution in [2.45, 2.75) is 25.6 Å². The number of likely N-dealkylation sites (N-methyl/N-ethyl adjacent to an activating group) is 1. The summed E-state index contributed by atoms with van der Waals surface area (Å²) in [5.74, 6) is -0.0813. The lowest BCUT2D eigenvalue weighted by Crippen LogP contribution is -2.48. The van der Waals surface area contributed by atoms with Gasteiger partial charge in [-0.1, -0.05) is 0 Å². The Labute approximate surface area is 90.4 Å². The lowest BCUT2D eigenvalue weighted by molar-refractivity contribution is -0.137. The van der Waals surface area contributed by atoms with Crippen LogP contribution < -0.4 is 5.32 Å². The van der Waals surface area contributed by atoms with Crippen LogP contribution in [0.4, 0.5) is 0 Å². The van der Waals surface area contributed by atoms with E-state index in [0.717, 1.165) is 6.54 Å². The van der Waals surface area contributed by atoms with E-state index in [9.17, 15) is 4.79 Å². The molecule has 1 saturated heterocycles. The number of hydrogen-bond acceptors (Lipinski definition) is 4. The Hall–Kier alpha value is -0.650. The van der Waals surface area contributed by atoms with Crippen molar-refractivity contribution in [3.8, 4) is 0 Å². The lowest BCUT2D eigenvalue weighted by Gasteiger charge is -2.29. The number of nitrogens with zero attached hydrogens (tertiary/aromatic N) is 1. The predicted octanol–water partition coefficient (Wildman–Crippen LogP) is -0.796. The molecule has 88 valence electrons. The van der Waals surface area contributed by atoms with Crippen LogP contribution >= 0.6 is 0 Å². The molecule has 0 aromatic rings. The Morgan fingerprint density at radius 1 is 1.73 bits per heavy atom. The Morgan fingerprint density at radius 3 is 3.07 bits per heavy atom. The molecule has 0 aromatic carbocycles. The highest BCUT2D eigenvalue weighted by Crippen LogP contribution is 2.02. The molecule has 2 unspecified atom stereocenters. The monoisotopic (exact) mass is 216 g/mol. The Bertz CT molecular complexity index is 209. The van der Waals surface area contributed by atoms with Crippen LogP contribution in [0.1, 0.15) is 13.3 Å². The molecule has 1 heterocycles. The molecule has 1 amide bonds. The van der Waals surface area contributed by atoms with Crippen LogP contribution in [0.15, 0.2) is 0 Å². The quantitative estimate of drug-likeness (QED) is 0.646. The van der Waals surface area contributed by atoms with Gasteiger partial charge in [0.25, 0.3) is 0 Å². The average Bonchev–Trinajstić information content (AvgIpc) is 2.17. The Balaban J connectivity index is 2.21. The molecule has 0 radical (unpaired) electrons. The number of nitrogens with one attached hydrogen (secondary N) is 1. The highest BCUT2D eigenvalue weighted by Gasteiger charge is 2.24. The second-order valence-electron chi connectivity index (χ2n) is 4.05.